The average molecular weight is 259 g/mol. The molecule has 2 aromatic carbocycles. The Morgan fingerprint density at radius 1 is 1.11 bits per heavy atom. The first-order chi connectivity index (χ1) is 8.83. The predicted octanol–water partition coefficient (Wildman–Crippen LogP) is 4.57. The number of carbonyl (C=O) groups excluding carboxylic acids is 1. The molecule has 0 unspecified atom stereocenters. The van der Waals surface area contributed by atoms with Gasteiger partial charge < -0.3 is 0 Å². The summed E-state index contributed by atoms with van der Waals surface area (Å²) in [6.45, 7) is 0. The average Bonchev–Trinajstić information content (AvgIpc) is 2.41. The van der Waals surface area contributed by atoms with Gasteiger partial charge >= 0.3 is 0 Å². The summed E-state index contributed by atoms with van der Waals surface area (Å²) in [4.78, 5) is 10.2. The highest BCUT2D eigenvalue weighted by atomic mass is 35.5. The summed E-state index contributed by atoms with van der Waals surface area (Å²) in [5, 5.41) is 3.28. The number of hydrogen-bond acceptors (Lipinski definition) is 1. The molecule has 0 amide bonds. The van der Waals surface area contributed by atoms with Crippen molar-refractivity contribution < 1.29 is 4.79 Å². The molecule has 0 aliphatic heterocycles. The van der Waals surface area contributed by atoms with Crippen LogP contribution in [0.5, 0.6) is 0 Å². The maximum atomic E-state index is 10.2. The number of aryl methyl sites for hydroxylation is 1. The third kappa shape index (κ3) is 2.99. The lowest BCUT2D eigenvalue weighted by molar-refractivity contribution is -0.104. The molecule has 2 aromatic rings. The summed E-state index contributed by atoms with van der Waals surface area (Å²) in [6.07, 6.45) is 7.08. The molecular formula is C16H15ClO. The van der Waals surface area contributed by atoms with Crippen LogP contribution < -0.4 is 0 Å². The summed E-state index contributed by atoms with van der Waals surface area (Å²) in [7, 11) is 0. The minimum atomic E-state index is 0.810. The van der Waals surface area contributed by atoms with Gasteiger partial charge in [-0.2, -0.15) is 0 Å². The summed E-state index contributed by atoms with van der Waals surface area (Å²) < 4.78 is 0. The number of rotatable bonds is 5. The summed E-state index contributed by atoms with van der Waals surface area (Å²) in [6, 6.07) is 12.3. The molecule has 0 heterocycles. The molecule has 0 atom stereocenters. The van der Waals surface area contributed by atoms with Gasteiger partial charge in [0, 0.05) is 5.02 Å². The van der Waals surface area contributed by atoms with Gasteiger partial charge in [0.05, 0.1) is 0 Å². The van der Waals surface area contributed by atoms with E-state index in [1.165, 1.54) is 16.3 Å². The van der Waals surface area contributed by atoms with E-state index in [9.17, 15) is 4.79 Å². The Kier molecular flexibility index (Phi) is 4.54. The second kappa shape index (κ2) is 6.36. The molecule has 0 N–H and O–H groups in total. The molecule has 0 bridgehead atoms. The van der Waals surface area contributed by atoms with Crippen molar-refractivity contribution in [1.29, 1.82) is 0 Å². The van der Waals surface area contributed by atoms with Gasteiger partial charge in [0.15, 0.2) is 0 Å². The van der Waals surface area contributed by atoms with E-state index >= 15 is 0 Å². The molecule has 0 saturated carbocycles. The van der Waals surface area contributed by atoms with Crippen molar-refractivity contribution >= 4 is 28.7 Å². The molecule has 0 aliphatic rings. The fourth-order valence-corrected chi connectivity index (χ4v) is 2.37. The number of allylic oxidation sites excluding steroid dienone is 2. The Labute approximate surface area is 112 Å². The first-order valence-corrected chi connectivity index (χ1v) is 6.47. The Balaban J connectivity index is 2.18. The SMILES string of the molecule is O=CC=CCCCc1c(Cl)ccc2ccccc12. The van der Waals surface area contributed by atoms with E-state index in [-0.39, 0.29) is 0 Å². The maximum absolute atomic E-state index is 10.2. The van der Waals surface area contributed by atoms with E-state index in [1.54, 1.807) is 6.08 Å². The van der Waals surface area contributed by atoms with Gasteiger partial charge in [0.1, 0.15) is 6.29 Å². The van der Waals surface area contributed by atoms with Gasteiger partial charge in [0.25, 0.3) is 0 Å². The first kappa shape index (κ1) is 12.8. The van der Waals surface area contributed by atoms with Crippen LogP contribution in [0.25, 0.3) is 10.8 Å². The van der Waals surface area contributed by atoms with Crippen molar-refractivity contribution in [2.24, 2.45) is 0 Å². The zero-order valence-corrected chi connectivity index (χ0v) is 10.9. The second-order valence-corrected chi connectivity index (χ2v) is 4.61. The zero-order valence-electron chi connectivity index (χ0n) is 10.1. The Bertz CT molecular complexity index is 572. The highest BCUT2D eigenvalue weighted by Crippen LogP contribution is 2.27. The lowest BCUT2D eigenvalue weighted by Crippen LogP contribution is -1.89. The highest BCUT2D eigenvalue weighted by Gasteiger charge is 2.04. The molecular weight excluding hydrogens is 244 g/mol. The number of aldehydes is 1. The third-order valence-electron chi connectivity index (χ3n) is 3.00. The lowest BCUT2D eigenvalue weighted by Gasteiger charge is -2.08. The summed E-state index contributed by atoms with van der Waals surface area (Å²) in [5.74, 6) is 0. The van der Waals surface area contributed by atoms with Gasteiger partial charge in [-0.05, 0) is 47.7 Å². The fraction of sp³-hybridized carbons (Fsp3) is 0.188. The molecule has 0 fully saturated rings. The van der Waals surface area contributed by atoms with Crippen LogP contribution in [-0.4, -0.2) is 6.29 Å². The molecule has 92 valence electrons. The van der Waals surface area contributed by atoms with E-state index in [0.717, 1.165) is 30.6 Å². The number of benzene rings is 2. The molecule has 0 radical (unpaired) electrons. The van der Waals surface area contributed by atoms with Gasteiger partial charge in [0.2, 0.25) is 0 Å². The molecule has 0 spiro atoms. The number of unbranched alkanes of at least 4 members (excludes halogenated alkanes) is 1. The van der Waals surface area contributed by atoms with Crippen LogP contribution in [0.2, 0.25) is 5.02 Å². The van der Waals surface area contributed by atoms with E-state index in [1.807, 2.05) is 30.3 Å². The smallest absolute Gasteiger partial charge is 0.142 e. The number of halogens is 1. The van der Waals surface area contributed by atoms with E-state index in [4.69, 9.17) is 11.6 Å². The summed E-state index contributed by atoms with van der Waals surface area (Å²) >= 11 is 6.27. The van der Waals surface area contributed by atoms with Crippen molar-refractivity contribution in [1.82, 2.24) is 0 Å². The normalized spacial score (nSPS) is 11.2. The van der Waals surface area contributed by atoms with Crippen LogP contribution >= 0.6 is 11.6 Å². The molecule has 0 saturated heterocycles. The van der Waals surface area contributed by atoms with Crippen LogP contribution in [0.4, 0.5) is 0 Å². The third-order valence-corrected chi connectivity index (χ3v) is 3.35. The molecule has 2 rings (SSSR count). The van der Waals surface area contributed by atoms with Crippen LogP contribution in [0.3, 0.4) is 0 Å². The largest absolute Gasteiger partial charge is 0.299 e. The van der Waals surface area contributed by atoms with E-state index in [2.05, 4.69) is 12.1 Å². The number of fused-ring (bicyclic) bond motifs is 1. The molecule has 0 aliphatic carbocycles. The minimum Gasteiger partial charge on any atom is -0.299 e. The maximum Gasteiger partial charge on any atom is 0.142 e. The van der Waals surface area contributed by atoms with Crippen molar-refractivity contribution in [2.75, 3.05) is 0 Å². The van der Waals surface area contributed by atoms with Crippen molar-refractivity contribution in [2.45, 2.75) is 19.3 Å². The zero-order chi connectivity index (χ0) is 12.8. The molecule has 1 nitrogen and oxygen atoms in total. The first-order valence-electron chi connectivity index (χ1n) is 6.09. The predicted molar refractivity (Wildman–Crippen MR) is 77.1 cm³/mol. The van der Waals surface area contributed by atoms with Gasteiger partial charge in [-0.25, -0.2) is 0 Å². The Morgan fingerprint density at radius 3 is 2.78 bits per heavy atom. The van der Waals surface area contributed by atoms with E-state index < -0.39 is 0 Å². The Morgan fingerprint density at radius 2 is 1.94 bits per heavy atom. The second-order valence-electron chi connectivity index (χ2n) is 4.20. The minimum absolute atomic E-state index is 0.810. The molecule has 18 heavy (non-hydrogen) atoms. The van der Waals surface area contributed by atoms with Crippen LogP contribution in [-0.2, 0) is 11.2 Å². The molecule has 2 heteroatoms. The van der Waals surface area contributed by atoms with Gasteiger partial charge in [-0.3, -0.25) is 4.79 Å². The number of hydrogen-bond donors (Lipinski definition) is 0. The lowest BCUT2D eigenvalue weighted by atomic mass is 10.00. The number of carbonyl (C=O) groups is 1. The monoisotopic (exact) mass is 258 g/mol. The standard InChI is InChI=1S/C16H15ClO/c17-16-11-10-13-7-4-5-8-14(13)15(16)9-3-1-2-6-12-18/h2,4-8,10-12H,1,3,9H2. The quantitative estimate of drug-likeness (QED) is 0.436. The highest BCUT2D eigenvalue weighted by molar-refractivity contribution is 6.32. The van der Waals surface area contributed by atoms with Crippen molar-refractivity contribution in [3.63, 3.8) is 0 Å². The van der Waals surface area contributed by atoms with Crippen molar-refractivity contribution in [3.8, 4) is 0 Å². The molecule has 0 aromatic heterocycles. The van der Waals surface area contributed by atoms with Crippen LogP contribution in [0.15, 0.2) is 48.6 Å². The van der Waals surface area contributed by atoms with Gasteiger partial charge in [-0.1, -0.05) is 48.0 Å². The Hall–Kier alpha value is -1.60. The fourth-order valence-electron chi connectivity index (χ4n) is 2.11. The summed E-state index contributed by atoms with van der Waals surface area (Å²) in [5.41, 5.74) is 1.20. The van der Waals surface area contributed by atoms with Crippen molar-refractivity contribution in [3.05, 3.63) is 59.1 Å². The van der Waals surface area contributed by atoms with Crippen LogP contribution in [0, 0.1) is 0 Å². The van der Waals surface area contributed by atoms with E-state index in [0.29, 0.717) is 0 Å². The van der Waals surface area contributed by atoms with Gasteiger partial charge in [-0.15, -0.1) is 0 Å². The topological polar surface area (TPSA) is 17.1 Å². The van der Waals surface area contributed by atoms with Crippen LogP contribution in [0.1, 0.15) is 18.4 Å².